The summed E-state index contributed by atoms with van der Waals surface area (Å²) in [5.41, 5.74) is 1.88. The number of benzene rings is 1. The number of piperazine rings is 1. The molecule has 0 aliphatic carbocycles. The Morgan fingerprint density at radius 1 is 1.42 bits per heavy atom. The van der Waals surface area contributed by atoms with Crippen LogP contribution in [0.25, 0.3) is 10.9 Å². The normalized spacial score (nSPS) is 20.6. The van der Waals surface area contributed by atoms with E-state index in [0.717, 1.165) is 36.2 Å². The molecule has 2 aromatic rings. The molecule has 3 rings (SSSR count). The number of likely N-dealkylation sites (N-methyl/N-ethyl adjacent to an activating group) is 1. The largest absolute Gasteiger partial charge is 0.359 e. The minimum absolute atomic E-state index is 0.0244. The topological polar surface area (TPSA) is 60.2 Å². The van der Waals surface area contributed by atoms with Gasteiger partial charge in [-0.1, -0.05) is 18.2 Å². The van der Waals surface area contributed by atoms with E-state index in [0.29, 0.717) is 0 Å². The van der Waals surface area contributed by atoms with Crippen molar-refractivity contribution in [2.75, 3.05) is 32.0 Å². The molecule has 100 valence electrons. The Hall–Kier alpha value is -1.85. The van der Waals surface area contributed by atoms with E-state index >= 15 is 0 Å². The number of amides is 1. The van der Waals surface area contributed by atoms with Gasteiger partial charge in [0.1, 0.15) is 0 Å². The van der Waals surface area contributed by atoms with Crippen LogP contribution in [0, 0.1) is 0 Å². The number of nitrogens with zero attached hydrogens (tertiary/aromatic N) is 1. The number of para-hydroxylation sites is 1. The number of fused-ring (bicyclic) bond motifs is 1. The van der Waals surface area contributed by atoms with Gasteiger partial charge in [-0.3, -0.25) is 4.79 Å². The number of aromatic nitrogens is 1. The Labute approximate surface area is 112 Å². The summed E-state index contributed by atoms with van der Waals surface area (Å²) in [6.07, 6.45) is 1.84. The summed E-state index contributed by atoms with van der Waals surface area (Å²) in [5, 5.41) is 7.28. The zero-order valence-corrected chi connectivity index (χ0v) is 10.9. The van der Waals surface area contributed by atoms with Gasteiger partial charge in [-0.25, -0.2) is 0 Å². The van der Waals surface area contributed by atoms with Crippen molar-refractivity contribution in [2.45, 2.75) is 6.04 Å². The average molecular weight is 258 g/mol. The number of hydrogen-bond donors (Lipinski definition) is 3. The molecule has 1 amide bonds. The third-order valence-electron chi connectivity index (χ3n) is 3.54. The molecule has 3 N–H and O–H groups in total. The third-order valence-corrected chi connectivity index (χ3v) is 3.54. The van der Waals surface area contributed by atoms with Crippen LogP contribution in [0.4, 0.5) is 5.69 Å². The lowest BCUT2D eigenvalue weighted by Crippen LogP contribution is -2.54. The fraction of sp³-hybridized carbons (Fsp3) is 0.357. The van der Waals surface area contributed by atoms with Gasteiger partial charge >= 0.3 is 0 Å². The number of rotatable bonds is 2. The summed E-state index contributed by atoms with van der Waals surface area (Å²) in [4.78, 5) is 17.6. The lowest BCUT2D eigenvalue weighted by Gasteiger charge is -2.29. The van der Waals surface area contributed by atoms with Crippen LogP contribution in [-0.4, -0.2) is 48.5 Å². The van der Waals surface area contributed by atoms with E-state index in [-0.39, 0.29) is 11.9 Å². The van der Waals surface area contributed by atoms with Crippen LogP contribution >= 0.6 is 0 Å². The molecular weight excluding hydrogens is 240 g/mol. The van der Waals surface area contributed by atoms with Crippen LogP contribution in [0.5, 0.6) is 0 Å². The highest BCUT2D eigenvalue weighted by Gasteiger charge is 2.23. The van der Waals surface area contributed by atoms with Gasteiger partial charge in [-0.05, 0) is 13.1 Å². The Kier molecular flexibility index (Phi) is 3.23. The third kappa shape index (κ3) is 2.47. The maximum atomic E-state index is 12.2. The van der Waals surface area contributed by atoms with Crippen molar-refractivity contribution in [3.63, 3.8) is 0 Å². The van der Waals surface area contributed by atoms with Gasteiger partial charge in [0.05, 0.1) is 11.7 Å². The van der Waals surface area contributed by atoms with Gasteiger partial charge in [0.25, 0.3) is 0 Å². The fourth-order valence-corrected chi connectivity index (χ4v) is 2.47. The van der Waals surface area contributed by atoms with E-state index in [4.69, 9.17) is 0 Å². The summed E-state index contributed by atoms with van der Waals surface area (Å²) >= 11 is 0. The van der Waals surface area contributed by atoms with Crippen molar-refractivity contribution in [2.24, 2.45) is 0 Å². The number of carbonyl (C=O) groups excluding carboxylic acids is 1. The minimum atomic E-state index is -0.146. The molecule has 0 saturated carbocycles. The molecule has 0 bridgehead atoms. The van der Waals surface area contributed by atoms with Crippen molar-refractivity contribution in [1.82, 2.24) is 15.2 Å². The first-order chi connectivity index (χ1) is 9.24. The maximum Gasteiger partial charge on any atom is 0.242 e. The zero-order valence-electron chi connectivity index (χ0n) is 10.9. The molecule has 1 aliphatic heterocycles. The molecule has 1 saturated heterocycles. The van der Waals surface area contributed by atoms with Crippen LogP contribution in [0.2, 0.25) is 0 Å². The first-order valence-corrected chi connectivity index (χ1v) is 6.53. The number of anilines is 1. The molecule has 19 heavy (non-hydrogen) atoms. The molecule has 1 unspecified atom stereocenters. The second-order valence-electron chi connectivity index (χ2n) is 5.01. The summed E-state index contributed by atoms with van der Waals surface area (Å²) in [5.74, 6) is 0.0244. The van der Waals surface area contributed by atoms with Gasteiger partial charge < -0.3 is 20.5 Å². The van der Waals surface area contributed by atoms with Gasteiger partial charge in [0.15, 0.2) is 0 Å². The number of H-pyrrole nitrogens is 1. The Balaban J connectivity index is 1.75. The Morgan fingerprint density at radius 2 is 2.26 bits per heavy atom. The van der Waals surface area contributed by atoms with Crippen molar-refractivity contribution in [1.29, 1.82) is 0 Å². The smallest absolute Gasteiger partial charge is 0.242 e. The lowest BCUT2D eigenvalue weighted by molar-refractivity contribution is -0.119. The van der Waals surface area contributed by atoms with Crippen LogP contribution in [0.15, 0.2) is 30.5 Å². The van der Waals surface area contributed by atoms with Gasteiger partial charge in [-0.2, -0.15) is 0 Å². The minimum Gasteiger partial charge on any atom is -0.359 e. The molecule has 1 aromatic carbocycles. The van der Waals surface area contributed by atoms with Crippen LogP contribution in [0.3, 0.4) is 0 Å². The average Bonchev–Trinajstić information content (AvgIpc) is 2.82. The van der Waals surface area contributed by atoms with Crippen molar-refractivity contribution >= 4 is 22.5 Å². The standard InChI is InChI=1S/C14H18N4O/c1-18-7-6-15-13(9-18)14(19)17-12-8-16-11-5-3-2-4-10(11)12/h2-5,8,13,15-16H,6-7,9H2,1H3,(H,17,19). The summed E-state index contributed by atoms with van der Waals surface area (Å²) in [7, 11) is 2.03. The Bertz CT molecular complexity index is 592. The first kappa shape index (κ1) is 12.2. The number of carbonyl (C=O) groups is 1. The van der Waals surface area contributed by atoms with E-state index in [2.05, 4.69) is 20.5 Å². The predicted octanol–water partition coefficient (Wildman–Crippen LogP) is 1.01. The second kappa shape index (κ2) is 5.03. The summed E-state index contributed by atoms with van der Waals surface area (Å²) in [6.45, 7) is 2.58. The van der Waals surface area contributed by atoms with E-state index in [1.807, 2.05) is 37.5 Å². The highest BCUT2D eigenvalue weighted by atomic mass is 16.2. The molecule has 5 heteroatoms. The molecule has 1 atom stereocenters. The molecule has 0 spiro atoms. The first-order valence-electron chi connectivity index (χ1n) is 6.53. The second-order valence-corrected chi connectivity index (χ2v) is 5.01. The van der Waals surface area contributed by atoms with Gasteiger partial charge in [0.2, 0.25) is 5.91 Å². The van der Waals surface area contributed by atoms with Gasteiger partial charge in [0, 0.05) is 36.7 Å². The van der Waals surface area contributed by atoms with E-state index in [1.165, 1.54) is 0 Å². The molecule has 2 heterocycles. The molecule has 1 aromatic heterocycles. The van der Waals surface area contributed by atoms with E-state index in [1.54, 1.807) is 0 Å². The quantitative estimate of drug-likeness (QED) is 0.753. The van der Waals surface area contributed by atoms with Crippen LogP contribution in [0.1, 0.15) is 0 Å². The summed E-state index contributed by atoms with van der Waals surface area (Å²) < 4.78 is 0. The molecule has 0 radical (unpaired) electrons. The van der Waals surface area contributed by atoms with Crippen molar-refractivity contribution in [3.05, 3.63) is 30.5 Å². The van der Waals surface area contributed by atoms with E-state index < -0.39 is 0 Å². The maximum absolute atomic E-state index is 12.2. The monoisotopic (exact) mass is 258 g/mol. The highest BCUT2D eigenvalue weighted by molar-refractivity contribution is 6.03. The number of nitrogens with one attached hydrogen (secondary N) is 3. The zero-order chi connectivity index (χ0) is 13.2. The molecular formula is C14H18N4O. The van der Waals surface area contributed by atoms with Crippen LogP contribution in [-0.2, 0) is 4.79 Å². The Morgan fingerprint density at radius 3 is 3.11 bits per heavy atom. The lowest BCUT2D eigenvalue weighted by atomic mass is 10.2. The van der Waals surface area contributed by atoms with Crippen molar-refractivity contribution in [3.8, 4) is 0 Å². The molecule has 1 aliphatic rings. The highest BCUT2D eigenvalue weighted by Crippen LogP contribution is 2.22. The van der Waals surface area contributed by atoms with Crippen molar-refractivity contribution < 1.29 is 4.79 Å². The summed E-state index contributed by atoms with van der Waals surface area (Å²) in [6, 6.07) is 7.80. The fourth-order valence-electron chi connectivity index (χ4n) is 2.47. The molecule has 1 fully saturated rings. The predicted molar refractivity (Wildman–Crippen MR) is 76.2 cm³/mol. The number of hydrogen-bond acceptors (Lipinski definition) is 3. The van der Waals surface area contributed by atoms with E-state index in [9.17, 15) is 4.79 Å². The molecule has 5 nitrogen and oxygen atoms in total. The number of aromatic amines is 1. The van der Waals surface area contributed by atoms with Gasteiger partial charge in [-0.15, -0.1) is 0 Å². The SMILES string of the molecule is CN1CCNC(C(=O)Nc2c[nH]c3ccccc23)C1. The van der Waals surface area contributed by atoms with Crippen LogP contribution < -0.4 is 10.6 Å².